The first-order valence-corrected chi connectivity index (χ1v) is 13.0. The van der Waals surface area contributed by atoms with Crippen molar-refractivity contribution in [1.82, 2.24) is 9.29 Å². The Labute approximate surface area is 197 Å². The zero-order chi connectivity index (χ0) is 23.3. The highest BCUT2D eigenvalue weighted by molar-refractivity contribution is 7.89. The highest BCUT2D eigenvalue weighted by atomic mass is 32.2. The van der Waals surface area contributed by atoms with Gasteiger partial charge in [0, 0.05) is 30.2 Å². The van der Waals surface area contributed by atoms with Crippen molar-refractivity contribution in [3.8, 4) is 5.75 Å². The summed E-state index contributed by atoms with van der Waals surface area (Å²) < 4.78 is 32.7. The van der Waals surface area contributed by atoms with Gasteiger partial charge in [-0.25, -0.2) is 13.4 Å². The average Bonchev–Trinajstić information content (AvgIpc) is 3.50. The molecule has 33 heavy (non-hydrogen) atoms. The molecule has 1 amide bonds. The van der Waals surface area contributed by atoms with Crippen LogP contribution in [-0.2, 0) is 21.4 Å². The molecule has 0 radical (unpaired) electrons. The maximum absolute atomic E-state index is 12.7. The molecule has 0 spiro atoms. The standard InChI is InChI=1S/C24H25N3O4S2/c1-18-25-21(17-32-18)16-31-22-10-7-19(8-11-22)9-12-24(28)26-20-5-4-6-23(15-20)33(29,30)27-13-2-3-14-27/h4-12,15,17H,2-3,13-14,16H2,1H3,(H,26,28)/b12-9+. The number of carbonyl (C=O) groups is 1. The second-order valence-corrected chi connectivity index (χ2v) is 10.7. The van der Waals surface area contributed by atoms with Crippen molar-refractivity contribution in [2.24, 2.45) is 0 Å². The van der Waals surface area contributed by atoms with E-state index < -0.39 is 10.0 Å². The van der Waals surface area contributed by atoms with Crippen molar-refractivity contribution in [1.29, 1.82) is 0 Å². The molecule has 2 heterocycles. The fourth-order valence-electron chi connectivity index (χ4n) is 3.47. The van der Waals surface area contributed by atoms with Crippen LogP contribution in [0.1, 0.15) is 29.1 Å². The molecule has 1 fully saturated rings. The number of aryl methyl sites for hydroxylation is 1. The Bertz CT molecular complexity index is 1240. The number of aromatic nitrogens is 1. The van der Waals surface area contributed by atoms with Crippen LogP contribution < -0.4 is 10.1 Å². The van der Waals surface area contributed by atoms with Gasteiger partial charge in [-0.05, 0) is 61.7 Å². The van der Waals surface area contributed by atoms with Crippen LogP contribution in [-0.4, -0.2) is 36.7 Å². The Balaban J connectivity index is 1.33. The molecule has 9 heteroatoms. The lowest BCUT2D eigenvalue weighted by molar-refractivity contribution is -0.111. The summed E-state index contributed by atoms with van der Waals surface area (Å²) in [7, 11) is -3.53. The highest BCUT2D eigenvalue weighted by Gasteiger charge is 2.27. The maximum Gasteiger partial charge on any atom is 0.248 e. The van der Waals surface area contributed by atoms with Gasteiger partial charge in [0.15, 0.2) is 0 Å². The summed E-state index contributed by atoms with van der Waals surface area (Å²) in [5.41, 5.74) is 2.17. The number of sulfonamides is 1. The van der Waals surface area contributed by atoms with Crippen molar-refractivity contribution in [2.45, 2.75) is 31.3 Å². The van der Waals surface area contributed by atoms with Gasteiger partial charge in [0.2, 0.25) is 15.9 Å². The molecule has 1 aliphatic heterocycles. The van der Waals surface area contributed by atoms with Gasteiger partial charge >= 0.3 is 0 Å². The predicted octanol–water partition coefficient (Wildman–Crippen LogP) is 4.47. The number of rotatable bonds is 8. The molecule has 1 N–H and O–H groups in total. The summed E-state index contributed by atoms with van der Waals surface area (Å²) in [5.74, 6) is 0.378. The topological polar surface area (TPSA) is 88.6 Å². The first-order chi connectivity index (χ1) is 15.9. The van der Waals surface area contributed by atoms with E-state index in [9.17, 15) is 13.2 Å². The summed E-state index contributed by atoms with van der Waals surface area (Å²) in [6.07, 6.45) is 4.85. The number of hydrogen-bond donors (Lipinski definition) is 1. The summed E-state index contributed by atoms with van der Waals surface area (Å²) in [4.78, 5) is 16.9. The molecular weight excluding hydrogens is 458 g/mol. The van der Waals surface area contributed by atoms with Gasteiger partial charge in [-0.3, -0.25) is 4.79 Å². The minimum absolute atomic E-state index is 0.189. The molecule has 0 atom stereocenters. The van der Waals surface area contributed by atoms with Crippen LogP contribution in [0.2, 0.25) is 0 Å². The van der Waals surface area contributed by atoms with E-state index in [-0.39, 0.29) is 10.8 Å². The summed E-state index contributed by atoms with van der Waals surface area (Å²) >= 11 is 1.59. The van der Waals surface area contributed by atoms with E-state index in [2.05, 4.69) is 10.3 Å². The number of ether oxygens (including phenoxy) is 1. The van der Waals surface area contributed by atoms with Crippen LogP contribution in [0.15, 0.2) is 64.9 Å². The van der Waals surface area contributed by atoms with Crippen LogP contribution in [0.4, 0.5) is 5.69 Å². The number of hydrogen-bond acceptors (Lipinski definition) is 6. The van der Waals surface area contributed by atoms with Crippen LogP contribution in [0.3, 0.4) is 0 Å². The molecule has 1 aliphatic rings. The van der Waals surface area contributed by atoms with E-state index in [0.717, 1.165) is 34.9 Å². The van der Waals surface area contributed by atoms with E-state index in [1.807, 2.05) is 36.6 Å². The molecule has 172 valence electrons. The Morgan fingerprint density at radius 1 is 1.18 bits per heavy atom. The molecule has 1 saturated heterocycles. The molecular formula is C24H25N3O4S2. The highest BCUT2D eigenvalue weighted by Crippen LogP contribution is 2.23. The molecule has 7 nitrogen and oxygen atoms in total. The number of nitrogens with zero attached hydrogens (tertiary/aromatic N) is 2. The summed E-state index contributed by atoms with van der Waals surface area (Å²) in [5, 5.41) is 5.71. The third-order valence-electron chi connectivity index (χ3n) is 5.16. The maximum atomic E-state index is 12.7. The van der Waals surface area contributed by atoms with E-state index >= 15 is 0 Å². The van der Waals surface area contributed by atoms with Crippen LogP contribution in [0.25, 0.3) is 6.08 Å². The minimum atomic E-state index is -3.53. The van der Waals surface area contributed by atoms with Gasteiger partial charge in [0.25, 0.3) is 0 Å². The van der Waals surface area contributed by atoms with Gasteiger partial charge in [-0.15, -0.1) is 11.3 Å². The third kappa shape index (κ3) is 6.07. The number of anilines is 1. The second-order valence-electron chi connectivity index (χ2n) is 7.68. The SMILES string of the molecule is Cc1nc(COc2ccc(/C=C/C(=O)Nc3cccc(S(=O)(=O)N4CCCC4)c3)cc2)cs1. The zero-order valence-corrected chi connectivity index (χ0v) is 19.9. The van der Waals surface area contributed by atoms with Gasteiger partial charge in [0.1, 0.15) is 12.4 Å². The average molecular weight is 484 g/mol. The molecule has 0 bridgehead atoms. The van der Waals surface area contributed by atoms with Crippen LogP contribution in [0, 0.1) is 6.92 Å². The van der Waals surface area contributed by atoms with Crippen molar-refractivity contribution >= 4 is 39.0 Å². The smallest absolute Gasteiger partial charge is 0.248 e. The Morgan fingerprint density at radius 3 is 2.64 bits per heavy atom. The quantitative estimate of drug-likeness (QED) is 0.478. The van der Waals surface area contributed by atoms with Crippen LogP contribution in [0.5, 0.6) is 5.75 Å². The minimum Gasteiger partial charge on any atom is -0.487 e. The Kier molecular flexibility index (Phi) is 7.22. The van der Waals surface area contributed by atoms with Crippen molar-refractivity contribution in [3.63, 3.8) is 0 Å². The lowest BCUT2D eigenvalue weighted by atomic mass is 10.2. The number of benzene rings is 2. The largest absolute Gasteiger partial charge is 0.487 e. The molecule has 2 aromatic carbocycles. The van der Waals surface area contributed by atoms with Crippen molar-refractivity contribution in [2.75, 3.05) is 18.4 Å². The fourth-order valence-corrected chi connectivity index (χ4v) is 5.64. The molecule has 0 saturated carbocycles. The second kappa shape index (κ2) is 10.3. The third-order valence-corrected chi connectivity index (χ3v) is 7.88. The van der Waals surface area contributed by atoms with E-state index in [1.165, 1.54) is 16.4 Å². The van der Waals surface area contributed by atoms with Crippen molar-refractivity contribution < 1.29 is 17.9 Å². The van der Waals surface area contributed by atoms with Gasteiger partial charge in [0.05, 0.1) is 15.6 Å². The Morgan fingerprint density at radius 2 is 1.94 bits per heavy atom. The first-order valence-electron chi connectivity index (χ1n) is 10.6. The van der Waals surface area contributed by atoms with E-state index in [4.69, 9.17) is 4.74 Å². The number of amides is 1. The van der Waals surface area contributed by atoms with Gasteiger partial charge in [-0.1, -0.05) is 18.2 Å². The van der Waals surface area contributed by atoms with Crippen molar-refractivity contribution in [3.05, 3.63) is 76.3 Å². The molecule has 0 unspecified atom stereocenters. The zero-order valence-electron chi connectivity index (χ0n) is 18.2. The molecule has 0 aliphatic carbocycles. The normalized spacial score (nSPS) is 14.6. The summed E-state index contributed by atoms with van der Waals surface area (Å²) in [6.45, 7) is 3.44. The first kappa shape index (κ1) is 23.2. The van der Waals surface area contributed by atoms with Crippen LogP contribution >= 0.6 is 11.3 Å². The lowest BCUT2D eigenvalue weighted by Crippen LogP contribution is -2.27. The summed E-state index contributed by atoms with van der Waals surface area (Å²) in [6, 6.07) is 13.7. The Hall–Kier alpha value is -3.01. The van der Waals surface area contributed by atoms with Gasteiger partial charge in [-0.2, -0.15) is 4.31 Å². The number of nitrogens with one attached hydrogen (secondary N) is 1. The van der Waals surface area contributed by atoms with Gasteiger partial charge < -0.3 is 10.1 Å². The monoisotopic (exact) mass is 483 g/mol. The lowest BCUT2D eigenvalue weighted by Gasteiger charge is -2.16. The number of carbonyl (C=O) groups excluding carboxylic acids is 1. The number of thiazole rings is 1. The van der Waals surface area contributed by atoms with E-state index in [1.54, 1.807) is 35.6 Å². The fraction of sp³-hybridized carbons (Fsp3) is 0.250. The molecule has 3 aromatic rings. The van der Waals surface area contributed by atoms with E-state index in [0.29, 0.717) is 25.4 Å². The predicted molar refractivity (Wildman–Crippen MR) is 130 cm³/mol. The molecule has 4 rings (SSSR count). The molecule has 1 aromatic heterocycles.